The number of alkyl halides is 3. The molecule has 0 spiro atoms. The molecule has 4 N–H and O–H groups in total. The van der Waals surface area contributed by atoms with Crippen molar-refractivity contribution in [2.24, 2.45) is 28.9 Å². The Morgan fingerprint density at radius 2 is 1.86 bits per heavy atom. The number of amides is 2. The number of nitrogens with zero attached hydrogens (tertiary/aromatic N) is 2. The molecule has 0 aliphatic heterocycles. The van der Waals surface area contributed by atoms with E-state index in [1.807, 2.05) is 0 Å². The molecule has 4 aliphatic carbocycles. The summed E-state index contributed by atoms with van der Waals surface area (Å²) in [5.41, 5.74) is 1.90. The van der Waals surface area contributed by atoms with Crippen molar-refractivity contribution in [3.8, 4) is 0 Å². The molecule has 1 aromatic rings. The Hall–Kier alpha value is -2.61. The van der Waals surface area contributed by atoms with E-state index in [9.17, 15) is 31.2 Å². The minimum absolute atomic E-state index is 0.0684. The maximum absolute atomic E-state index is 14.0. The lowest BCUT2D eigenvalue weighted by Crippen LogP contribution is -2.60. The van der Waals surface area contributed by atoms with E-state index >= 15 is 0 Å². The van der Waals surface area contributed by atoms with Crippen LogP contribution in [0.2, 0.25) is 0 Å². The minimum Gasteiger partial charge on any atom is -0.449 e. The van der Waals surface area contributed by atoms with Gasteiger partial charge in [0.05, 0.1) is 24.6 Å². The van der Waals surface area contributed by atoms with Crippen molar-refractivity contribution >= 4 is 28.2 Å². The van der Waals surface area contributed by atoms with Crippen LogP contribution < -0.4 is 15.8 Å². The number of ether oxygens (including phenoxy) is 1. The zero-order valence-electron chi connectivity index (χ0n) is 20.8. The molecule has 1 aromatic heterocycles. The van der Waals surface area contributed by atoms with E-state index in [0.29, 0.717) is 23.4 Å². The van der Waals surface area contributed by atoms with Crippen LogP contribution in [0.25, 0.3) is 6.20 Å². The van der Waals surface area contributed by atoms with Gasteiger partial charge >= 0.3 is 12.3 Å². The highest BCUT2D eigenvalue weighted by molar-refractivity contribution is 7.88. The van der Waals surface area contributed by atoms with Gasteiger partial charge in [0, 0.05) is 23.2 Å². The van der Waals surface area contributed by atoms with Crippen LogP contribution in [0.4, 0.5) is 18.0 Å². The highest BCUT2D eigenvalue weighted by Crippen LogP contribution is 2.60. The van der Waals surface area contributed by atoms with Crippen molar-refractivity contribution in [2.45, 2.75) is 63.7 Å². The largest absolute Gasteiger partial charge is 0.449 e. The van der Waals surface area contributed by atoms with Crippen LogP contribution in [0.15, 0.2) is 12.3 Å². The molecule has 0 aromatic carbocycles. The highest BCUT2D eigenvalue weighted by atomic mass is 32.2. The monoisotopic (exact) mass is 547 g/mol. The van der Waals surface area contributed by atoms with Crippen LogP contribution in [0, 0.1) is 23.2 Å². The number of sulfonamides is 1. The quantitative estimate of drug-likeness (QED) is 0.456. The third kappa shape index (κ3) is 6.11. The minimum atomic E-state index is -4.89. The van der Waals surface area contributed by atoms with Gasteiger partial charge in [0.2, 0.25) is 10.0 Å². The first-order chi connectivity index (χ1) is 17.0. The van der Waals surface area contributed by atoms with Crippen molar-refractivity contribution in [1.29, 1.82) is 0 Å². The molecule has 4 fully saturated rings. The van der Waals surface area contributed by atoms with Gasteiger partial charge in [0.15, 0.2) is 5.69 Å². The van der Waals surface area contributed by atoms with E-state index in [4.69, 9.17) is 10.5 Å². The Bertz CT molecular complexity index is 1190. The van der Waals surface area contributed by atoms with Gasteiger partial charge in [-0.1, -0.05) is 0 Å². The molecular weight excluding hydrogens is 515 g/mol. The van der Waals surface area contributed by atoms with E-state index in [-0.39, 0.29) is 29.9 Å². The Kier molecular flexibility index (Phi) is 6.89. The van der Waals surface area contributed by atoms with Gasteiger partial charge in [-0.25, -0.2) is 22.6 Å². The van der Waals surface area contributed by atoms with Gasteiger partial charge in [-0.2, -0.15) is 18.3 Å². The van der Waals surface area contributed by atoms with Crippen LogP contribution in [-0.4, -0.2) is 54.6 Å². The van der Waals surface area contributed by atoms with E-state index in [1.165, 1.54) is 19.9 Å². The summed E-state index contributed by atoms with van der Waals surface area (Å²) in [6, 6.07) is -0.288. The molecule has 0 saturated heterocycles. The molecule has 1 heterocycles. The molecule has 2 amide bonds. The van der Waals surface area contributed by atoms with Crippen LogP contribution in [0.5, 0.6) is 0 Å². The predicted molar refractivity (Wildman–Crippen MR) is 127 cm³/mol. The first-order valence-corrected chi connectivity index (χ1v) is 13.9. The zero-order valence-corrected chi connectivity index (χ0v) is 21.7. The molecule has 0 radical (unpaired) electrons. The number of hydrogen-bond acceptors (Lipinski definition) is 6. The third-order valence-corrected chi connectivity index (χ3v) is 8.50. The summed E-state index contributed by atoms with van der Waals surface area (Å²) in [5.74, 6) is -0.303. The van der Waals surface area contributed by atoms with Crippen LogP contribution >= 0.6 is 0 Å². The summed E-state index contributed by atoms with van der Waals surface area (Å²) in [6.07, 6.45) is 2.34. The van der Waals surface area contributed by atoms with Gasteiger partial charge in [-0.3, -0.25) is 4.79 Å². The maximum Gasteiger partial charge on any atom is 0.434 e. The van der Waals surface area contributed by atoms with E-state index in [1.54, 1.807) is 0 Å². The molecule has 2 atom stereocenters. The number of rotatable bonds is 8. The van der Waals surface area contributed by atoms with Gasteiger partial charge < -0.3 is 15.8 Å². The lowest BCUT2D eigenvalue weighted by molar-refractivity contribution is -0.142. The van der Waals surface area contributed by atoms with Crippen molar-refractivity contribution in [3.63, 3.8) is 0 Å². The average molecular weight is 548 g/mol. The van der Waals surface area contributed by atoms with Gasteiger partial charge in [0.25, 0.3) is 5.91 Å². The number of primary amides is 1. The molecule has 4 saturated carbocycles. The molecule has 206 valence electrons. The Morgan fingerprint density at radius 3 is 2.41 bits per heavy atom. The number of nitrogens with one attached hydrogen (secondary N) is 2. The molecule has 37 heavy (non-hydrogen) atoms. The fourth-order valence-electron chi connectivity index (χ4n) is 6.75. The number of carbonyl (C=O) groups is 2. The first-order valence-electron chi connectivity index (χ1n) is 12.0. The van der Waals surface area contributed by atoms with Crippen molar-refractivity contribution in [3.05, 3.63) is 23.5 Å². The summed E-state index contributed by atoms with van der Waals surface area (Å²) in [6.45, 7) is 3.17. The highest BCUT2D eigenvalue weighted by Gasteiger charge is 2.56. The Morgan fingerprint density at radius 1 is 1.24 bits per heavy atom. The molecule has 14 heteroatoms. The summed E-state index contributed by atoms with van der Waals surface area (Å²) in [4.78, 5) is 24.3. The van der Waals surface area contributed by atoms with Gasteiger partial charge in [-0.05, 0) is 69.8 Å². The van der Waals surface area contributed by atoms with Crippen LogP contribution in [0.1, 0.15) is 62.0 Å². The normalized spacial score (nSPS) is 29.6. The fourth-order valence-corrected chi connectivity index (χ4v) is 7.77. The van der Waals surface area contributed by atoms with Gasteiger partial charge in [0.1, 0.15) is 0 Å². The van der Waals surface area contributed by atoms with Crippen LogP contribution in [0.3, 0.4) is 0 Å². The lowest BCUT2D eigenvalue weighted by atomic mass is 9.48. The summed E-state index contributed by atoms with van der Waals surface area (Å²) in [7, 11) is -3.62. The molecule has 5 rings (SSSR count). The SMILES string of the molecule is CC(C)(C=Cn1ncc(C(=O)NC2C3CC4CC2CC(COC(N)=O)(C4)C3)c1C(F)(F)F)NS(C)(=O)=O. The summed E-state index contributed by atoms with van der Waals surface area (Å²) < 4.78 is 73.1. The Labute approximate surface area is 213 Å². The maximum atomic E-state index is 14.0. The van der Waals surface area contributed by atoms with Crippen LogP contribution in [-0.2, 0) is 20.9 Å². The van der Waals surface area contributed by atoms with E-state index in [2.05, 4.69) is 15.1 Å². The van der Waals surface area contributed by atoms with Crippen molar-refractivity contribution in [2.75, 3.05) is 12.9 Å². The van der Waals surface area contributed by atoms with Crippen molar-refractivity contribution in [1.82, 2.24) is 19.8 Å². The van der Waals surface area contributed by atoms with E-state index < -0.39 is 45.0 Å². The first kappa shape index (κ1) is 27.4. The lowest BCUT2D eigenvalue weighted by Gasteiger charge is -2.59. The second-order valence-electron chi connectivity index (χ2n) is 11.3. The number of aromatic nitrogens is 2. The molecule has 4 aliphatic rings. The standard InChI is InChI=1S/C23H32F3N5O5S/c1-21(2,30-37(3,34)35)4-5-31-18(23(24,25)26)16(11-28-31)19(32)29-17-14-6-13-7-15(17)10-22(8-13,9-14)12-36-20(27)33/h4-5,11,13-15,17,30H,6-10,12H2,1-3H3,(H2,27,33)(H,29,32). The second kappa shape index (κ2) is 9.29. The second-order valence-corrected chi connectivity index (χ2v) is 13.1. The zero-order chi connectivity index (χ0) is 27.4. The summed E-state index contributed by atoms with van der Waals surface area (Å²) >= 11 is 0. The van der Waals surface area contributed by atoms with E-state index in [0.717, 1.165) is 37.9 Å². The fraction of sp³-hybridized carbons (Fsp3) is 0.696. The third-order valence-electron chi connectivity index (χ3n) is 7.61. The predicted octanol–water partition coefficient (Wildman–Crippen LogP) is 2.72. The molecule has 2 unspecified atom stereocenters. The average Bonchev–Trinajstić information content (AvgIpc) is 3.16. The molecule has 4 bridgehead atoms. The number of nitrogens with two attached hydrogens (primary N) is 1. The topological polar surface area (TPSA) is 145 Å². The smallest absolute Gasteiger partial charge is 0.434 e. The van der Waals surface area contributed by atoms with Gasteiger partial charge in [-0.15, -0.1) is 0 Å². The molecule has 10 nitrogen and oxygen atoms in total. The number of carbonyl (C=O) groups excluding carboxylic acids is 2. The number of halogens is 3. The Balaban J connectivity index is 1.53. The summed E-state index contributed by atoms with van der Waals surface area (Å²) in [5, 5.41) is 6.60. The molecular formula is C23H32F3N5O5S. The van der Waals surface area contributed by atoms with Crippen molar-refractivity contribution < 1.29 is 35.9 Å². The number of hydrogen-bond donors (Lipinski definition) is 3.